The fraction of sp³-hybridized carbons (Fsp3) is 0.381. The molecule has 0 spiro atoms. The lowest BCUT2D eigenvalue weighted by molar-refractivity contribution is -0.136. The number of thiophene rings is 1. The zero-order chi connectivity index (χ0) is 24.6. The van der Waals surface area contributed by atoms with Crippen LogP contribution >= 0.6 is 11.3 Å². The summed E-state index contributed by atoms with van der Waals surface area (Å²) in [6, 6.07) is 5.53. The molecule has 3 aromatic rings. The molecule has 1 fully saturated rings. The number of hydrogen-bond acceptors (Lipinski definition) is 8. The number of aromatic nitrogens is 2. The number of alkyl halides is 3. The molecule has 9 nitrogen and oxygen atoms in total. The monoisotopic (exact) mass is 496 g/mol. The number of amides is 1. The third-order valence-corrected chi connectivity index (χ3v) is 6.90. The molecule has 0 aromatic carbocycles. The molecule has 0 radical (unpaired) electrons. The van der Waals surface area contributed by atoms with Crippen molar-refractivity contribution in [2.24, 2.45) is 5.73 Å². The Balaban J connectivity index is 1.47. The summed E-state index contributed by atoms with van der Waals surface area (Å²) in [6.07, 6.45) is -4.36. The lowest BCUT2D eigenvalue weighted by Gasteiger charge is -2.34. The van der Waals surface area contributed by atoms with Crippen molar-refractivity contribution in [3.05, 3.63) is 50.8 Å². The van der Waals surface area contributed by atoms with Crippen molar-refractivity contribution in [3.63, 3.8) is 0 Å². The predicted molar refractivity (Wildman–Crippen MR) is 123 cm³/mol. The van der Waals surface area contributed by atoms with E-state index in [1.165, 1.54) is 6.07 Å². The average molecular weight is 497 g/mol. The van der Waals surface area contributed by atoms with Crippen LogP contribution in [0.3, 0.4) is 0 Å². The summed E-state index contributed by atoms with van der Waals surface area (Å²) >= 11 is 0.749. The number of halogens is 3. The largest absolute Gasteiger partial charge is 0.417 e. The summed E-state index contributed by atoms with van der Waals surface area (Å²) < 4.78 is 41.4. The minimum absolute atomic E-state index is 0.0105. The van der Waals surface area contributed by atoms with Gasteiger partial charge in [0, 0.05) is 42.8 Å². The zero-order valence-corrected chi connectivity index (χ0v) is 18.7. The van der Waals surface area contributed by atoms with Crippen LogP contribution in [0.25, 0.3) is 10.2 Å². The number of fused-ring (bicyclic) bond motifs is 1. The Kier molecular flexibility index (Phi) is 6.51. The number of aliphatic hydroxyl groups excluding tert-OH is 1. The smallest absolute Gasteiger partial charge is 0.397 e. The van der Waals surface area contributed by atoms with Crippen molar-refractivity contribution in [1.82, 2.24) is 15.3 Å². The van der Waals surface area contributed by atoms with Crippen LogP contribution in [0, 0.1) is 0 Å². The Morgan fingerprint density at radius 3 is 2.68 bits per heavy atom. The third-order valence-electron chi connectivity index (χ3n) is 5.78. The van der Waals surface area contributed by atoms with Crippen LogP contribution in [0.2, 0.25) is 0 Å². The van der Waals surface area contributed by atoms with Gasteiger partial charge in [-0.3, -0.25) is 9.59 Å². The van der Waals surface area contributed by atoms with Gasteiger partial charge in [0.05, 0.1) is 11.3 Å². The van der Waals surface area contributed by atoms with E-state index in [1.54, 1.807) is 17.0 Å². The number of nitrogens with one attached hydrogen (secondary N) is 2. The molecule has 1 aliphatic heterocycles. The molecule has 7 N–H and O–H groups in total. The maximum atomic E-state index is 13.8. The molecule has 1 unspecified atom stereocenters. The minimum atomic E-state index is -4.69. The van der Waals surface area contributed by atoms with E-state index in [4.69, 9.17) is 11.5 Å². The number of nitrogens with zero attached hydrogens (tertiary/aromatic N) is 2. The first kappa shape index (κ1) is 24.0. The molecule has 0 aliphatic carbocycles. The lowest BCUT2D eigenvalue weighted by atomic mass is 10.0. The number of hydrogen-bond donors (Lipinski definition) is 5. The van der Waals surface area contributed by atoms with Crippen molar-refractivity contribution in [1.29, 1.82) is 0 Å². The number of primary amides is 1. The van der Waals surface area contributed by atoms with E-state index in [9.17, 15) is 27.9 Å². The second kappa shape index (κ2) is 9.24. The lowest BCUT2D eigenvalue weighted by Crippen LogP contribution is -2.44. The molecule has 182 valence electrons. The molecule has 0 bridgehead atoms. The van der Waals surface area contributed by atoms with E-state index in [-0.39, 0.29) is 44.7 Å². The van der Waals surface area contributed by atoms with Gasteiger partial charge in [-0.25, -0.2) is 4.98 Å². The number of piperidine rings is 1. The van der Waals surface area contributed by atoms with Crippen LogP contribution < -0.4 is 27.2 Å². The summed E-state index contributed by atoms with van der Waals surface area (Å²) in [4.78, 5) is 31.5. The molecule has 1 amide bonds. The maximum Gasteiger partial charge on any atom is 0.417 e. The highest BCUT2D eigenvalue weighted by Crippen LogP contribution is 2.43. The number of nitrogens with two attached hydrogens (primary N) is 2. The Bertz CT molecular complexity index is 1270. The van der Waals surface area contributed by atoms with Crippen molar-refractivity contribution >= 4 is 39.0 Å². The number of carbonyl (C=O) groups excluding carboxylic acids is 1. The van der Waals surface area contributed by atoms with Crippen molar-refractivity contribution in [2.75, 3.05) is 30.3 Å². The van der Waals surface area contributed by atoms with Gasteiger partial charge >= 0.3 is 6.18 Å². The average Bonchev–Trinajstić information content (AvgIpc) is 3.13. The van der Waals surface area contributed by atoms with Gasteiger partial charge in [-0.15, -0.1) is 11.3 Å². The number of anilines is 2. The molecule has 4 rings (SSSR count). The molecule has 13 heteroatoms. The topological polar surface area (TPSA) is 150 Å². The van der Waals surface area contributed by atoms with Gasteiger partial charge in [0.2, 0.25) is 5.56 Å². The van der Waals surface area contributed by atoms with Gasteiger partial charge in [-0.2, -0.15) is 13.2 Å². The van der Waals surface area contributed by atoms with Gasteiger partial charge in [-0.05, 0) is 25.0 Å². The number of H-pyrrole nitrogens is 1. The Hall–Kier alpha value is -3.16. The Morgan fingerprint density at radius 2 is 2.06 bits per heavy atom. The molecule has 34 heavy (non-hydrogen) atoms. The molecule has 1 aliphatic rings. The van der Waals surface area contributed by atoms with E-state index in [1.807, 2.05) is 0 Å². The summed E-state index contributed by atoms with van der Waals surface area (Å²) in [5.41, 5.74) is 9.90. The van der Waals surface area contributed by atoms with Crippen LogP contribution in [0.1, 0.15) is 39.9 Å². The molecule has 3 aromatic heterocycles. The van der Waals surface area contributed by atoms with Crippen molar-refractivity contribution < 1.29 is 23.1 Å². The van der Waals surface area contributed by atoms with E-state index in [0.717, 1.165) is 17.4 Å². The van der Waals surface area contributed by atoms with Crippen LogP contribution in [0.15, 0.2) is 29.1 Å². The highest BCUT2D eigenvalue weighted by Gasteiger charge is 2.37. The van der Waals surface area contributed by atoms with E-state index in [2.05, 4.69) is 15.3 Å². The molecule has 1 atom stereocenters. The predicted octanol–water partition coefficient (Wildman–Crippen LogP) is 1.98. The Labute approximate surface area is 195 Å². The normalized spacial score (nSPS) is 16.2. The molecule has 4 heterocycles. The van der Waals surface area contributed by atoms with Crippen LogP contribution in [-0.2, 0) is 6.18 Å². The summed E-state index contributed by atoms with van der Waals surface area (Å²) in [5.74, 6) is -0.749. The van der Waals surface area contributed by atoms with Gasteiger partial charge in [-0.1, -0.05) is 6.07 Å². The first-order chi connectivity index (χ1) is 16.0. The number of rotatable bonds is 6. The molecule has 0 saturated carbocycles. The van der Waals surface area contributed by atoms with Gasteiger partial charge in [0.15, 0.2) is 0 Å². The summed E-state index contributed by atoms with van der Waals surface area (Å²) in [6.45, 7) is 1.10. The van der Waals surface area contributed by atoms with Gasteiger partial charge in [0.1, 0.15) is 21.6 Å². The number of pyridine rings is 2. The Morgan fingerprint density at radius 1 is 1.35 bits per heavy atom. The van der Waals surface area contributed by atoms with E-state index >= 15 is 0 Å². The van der Waals surface area contributed by atoms with Crippen LogP contribution in [-0.4, -0.2) is 46.7 Å². The highest BCUT2D eigenvalue weighted by molar-refractivity contribution is 7.21. The first-order valence-electron chi connectivity index (χ1n) is 10.5. The second-order valence-corrected chi connectivity index (χ2v) is 9.07. The number of carbonyl (C=O) groups is 1. The quantitative estimate of drug-likeness (QED) is 0.350. The van der Waals surface area contributed by atoms with Crippen LogP contribution in [0.4, 0.5) is 24.7 Å². The van der Waals surface area contributed by atoms with Crippen LogP contribution in [0.5, 0.6) is 0 Å². The highest BCUT2D eigenvalue weighted by atomic mass is 32.1. The van der Waals surface area contributed by atoms with E-state index < -0.39 is 23.8 Å². The van der Waals surface area contributed by atoms with Gasteiger partial charge < -0.3 is 31.8 Å². The van der Waals surface area contributed by atoms with E-state index in [0.29, 0.717) is 31.6 Å². The number of aliphatic hydroxyl groups is 1. The fourth-order valence-corrected chi connectivity index (χ4v) is 5.00. The molecular weight excluding hydrogens is 473 g/mol. The number of nitrogen functional groups attached to an aromatic ring is 1. The minimum Gasteiger partial charge on any atom is -0.397 e. The maximum absolute atomic E-state index is 13.8. The summed E-state index contributed by atoms with van der Waals surface area (Å²) in [5, 5.41) is 13.2. The fourth-order valence-electron chi connectivity index (χ4n) is 4.04. The van der Waals surface area contributed by atoms with Gasteiger partial charge in [0.25, 0.3) is 5.91 Å². The summed E-state index contributed by atoms with van der Waals surface area (Å²) in [7, 11) is 0. The SMILES string of the molecule is NC(=O)c1sc2nc(N3CCC(NCC(O)c4cccc(=O)[nH]4)CC3)cc(C(F)(F)F)c2c1N. The second-order valence-electron chi connectivity index (χ2n) is 8.07. The van der Waals surface area contributed by atoms with Crippen molar-refractivity contribution in [2.45, 2.75) is 31.2 Å². The third kappa shape index (κ3) is 4.86. The standard InChI is InChI=1S/C21H23F3N6O3S/c22-21(23,24)11-8-14(29-20-16(11)17(25)18(34-20)19(26)33)30-6-4-10(5-7-30)27-9-13(31)12-2-1-3-15(32)28-12/h1-3,8,10,13,27,31H,4-7,9,25H2,(H2,26,33)(H,28,32). The van der Waals surface area contributed by atoms with Crippen molar-refractivity contribution in [3.8, 4) is 0 Å². The first-order valence-corrected chi connectivity index (χ1v) is 11.3. The molecular formula is C21H23F3N6O3S. The number of aromatic amines is 1. The molecule has 1 saturated heterocycles. The zero-order valence-electron chi connectivity index (χ0n) is 17.9.